The van der Waals surface area contributed by atoms with E-state index in [0.717, 1.165) is 47.9 Å². The molecule has 216 valence electrons. The van der Waals surface area contributed by atoms with Crippen LogP contribution < -0.4 is 0 Å². The SMILES string of the molecule is CC(C)(C)OC(=O)N1C2CCC1CC(c1ccc(COC(c3ccccc3)(c3ccccc3)c3ccccc3)cc1)C2. The Morgan fingerprint density at radius 3 is 1.57 bits per heavy atom. The van der Waals surface area contributed by atoms with Gasteiger partial charge in [0.2, 0.25) is 0 Å². The molecule has 4 aromatic rings. The molecule has 2 unspecified atom stereocenters. The summed E-state index contributed by atoms with van der Waals surface area (Å²) < 4.78 is 12.8. The molecule has 0 aliphatic carbocycles. The van der Waals surface area contributed by atoms with Gasteiger partial charge in [0.15, 0.2) is 0 Å². The third-order valence-electron chi connectivity index (χ3n) is 8.78. The fourth-order valence-electron chi connectivity index (χ4n) is 6.91. The summed E-state index contributed by atoms with van der Waals surface area (Å²) in [6.07, 6.45) is 3.95. The van der Waals surface area contributed by atoms with Crippen molar-refractivity contribution in [2.24, 2.45) is 0 Å². The monoisotopic (exact) mass is 559 g/mol. The molecule has 42 heavy (non-hydrogen) atoms. The molecule has 1 amide bonds. The quantitative estimate of drug-likeness (QED) is 0.212. The third kappa shape index (κ3) is 5.73. The van der Waals surface area contributed by atoms with Crippen LogP contribution in [-0.4, -0.2) is 28.7 Å². The van der Waals surface area contributed by atoms with Crippen LogP contribution in [0.5, 0.6) is 0 Å². The first-order valence-electron chi connectivity index (χ1n) is 15.2. The second-order valence-corrected chi connectivity index (χ2v) is 12.8. The first kappa shape index (κ1) is 28.2. The van der Waals surface area contributed by atoms with E-state index in [9.17, 15) is 4.79 Å². The Morgan fingerprint density at radius 1 is 0.690 bits per heavy atom. The number of benzene rings is 4. The number of rotatable bonds is 7. The zero-order valence-corrected chi connectivity index (χ0v) is 24.9. The molecule has 0 saturated carbocycles. The van der Waals surface area contributed by atoms with Gasteiger partial charge < -0.3 is 14.4 Å². The second kappa shape index (κ2) is 11.8. The summed E-state index contributed by atoms with van der Waals surface area (Å²) in [5.41, 5.74) is 4.59. The van der Waals surface area contributed by atoms with Crippen molar-refractivity contribution < 1.29 is 14.3 Å². The van der Waals surface area contributed by atoms with Crippen molar-refractivity contribution in [1.29, 1.82) is 0 Å². The zero-order valence-electron chi connectivity index (χ0n) is 24.9. The van der Waals surface area contributed by atoms with Gasteiger partial charge in [-0.1, -0.05) is 115 Å². The number of carbonyl (C=O) groups excluding carboxylic acids is 1. The van der Waals surface area contributed by atoms with Crippen LogP contribution in [0.2, 0.25) is 0 Å². The van der Waals surface area contributed by atoms with Crippen LogP contribution in [0.15, 0.2) is 115 Å². The largest absolute Gasteiger partial charge is 0.444 e. The summed E-state index contributed by atoms with van der Waals surface area (Å²) >= 11 is 0. The minimum absolute atomic E-state index is 0.153. The molecule has 0 aromatic heterocycles. The van der Waals surface area contributed by atoms with E-state index < -0.39 is 11.2 Å². The number of carbonyl (C=O) groups is 1. The highest BCUT2D eigenvalue weighted by Crippen LogP contribution is 2.44. The highest BCUT2D eigenvalue weighted by atomic mass is 16.6. The number of ether oxygens (including phenoxy) is 2. The Bertz CT molecular complexity index is 1350. The number of piperidine rings is 1. The van der Waals surface area contributed by atoms with Gasteiger partial charge in [-0.15, -0.1) is 0 Å². The molecule has 2 bridgehead atoms. The summed E-state index contributed by atoms with van der Waals surface area (Å²) in [7, 11) is 0. The standard InChI is InChI=1S/C38H41NO3/c1-37(2,3)42-36(40)39-34-23-24-35(39)26-30(25-34)29-21-19-28(20-22-29)27-41-38(31-13-7-4-8-14-31,32-15-9-5-10-16-32)33-17-11-6-12-18-33/h4-22,30,34-35H,23-27H2,1-3H3. The average Bonchev–Trinajstić information content (AvgIpc) is 3.28. The van der Waals surface area contributed by atoms with E-state index >= 15 is 0 Å². The van der Waals surface area contributed by atoms with Crippen molar-refractivity contribution in [2.45, 2.75) is 82.3 Å². The molecule has 2 heterocycles. The van der Waals surface area contributed by atoms with E-state index in [4.69, 9.17) is 9.47 Å². The van der Waals surface area contributed by atoms with E-state index in [-0.39, 0.29) is 18.2 Å². The van der Waals surface area contributed by atoms with Crippen molar-refractivity contribution in [3.63, 3.8) is 0 Å². The van der Waals surface area contributed by atoms with Crippen LogP contribution in [0.1, 0.15) is 80.2 Å². The van der Waals surface area contributed by atoms with Crippen LogP contribution >= 0.6 is 0 Å². The van der Waals surface area contributed by atoms with Gasteiger partial charge in [0, 0.05) is 12.1 Å². The van der Waals surface area contributed by atoms with Crippen LogP contribution in [0.25, 0.3) is 0 Å². The predicted octanol–water partition coefficient (Wildman–Crippen LogP) is 8.84. The molecule has 6 rings (SSSR count). The number of hydrogen-bond donors (Lipinski definition) is 0. The molecular formula is C38H41NO3. The van der Waals surface area contributed by atoms with Crippen LogP contribution in [-0.2, 0) is 21.7 Å². The van der Waals surface area contributed by atoms with Gasteiger partial charge in [-0.2, -0.15) is 0 Å². The lowest BCUT2D eigenvalue weighted by Gasteiger charge is -2.39. The minimum Gasteiger partial charge on any atom is -0.444 e. The van der Waals surface area contributed by atoms with E-state index in [1.807, 2.05) is 43.9 Å². The van der Waals surface area contributed by atoms with Gasteiger partial charge in [0.05, 0.1) is 6.61 Å². The Labute approximate surface area is 250 Å². The van der Waals surface area contributed by atoms with Crippen molar-refractivity contribution in [3.05, 3.63) is 143 Å². The molecule has 2 aliphatic heterocycles. The van der Waals surface area contributed by atoms with Gasteiger partial charge in [0.25, 0.3) is 0 Å². The van der Waals surface area contributed by atoms with Crippen molar-refractivity contribution in [3.8, 4) is 0 Å². The number of amides is 1. The molecule has 2 aliphatic rings. The van der Waals surface area contributed by atoms with Crippen molar-refractivity contribution in [2.75, 3.05) is 0 Å². The molecule has 0 radical (unpaired) electrons. The summed E-state index contributed by atoms with van der Waals surface area (Å²) in [5.74, 6) is 0.452. The van der Waals surface area contributed by atoms with E-state index in [2.05, 4.69) is 97.1 Å². The normalized spacial score (nSPS) is 20.4. The lowest BCUT2D eigenvalue weighted by Crippen LogP contribution is -2.48. The van der Waals surface area contributed by atoms with Gasteiger partial charge >= 0.3 is 6.09 Å². The lowest BCUT2D eigenvalue weighted by molar-refractivity contribution is 0.000159. The molecule has 4 nitrogen and oxygen atoms in total. The topological polar surface area (TPSA) is 38.8 Å². The molecule has 2 atom stereocenters. The number of nitrogens with zero attached hydrogens (tertiary/aromatic N) is 1. The molecule has 2 fully saturated rings. The Morgan fingerprint density at radius 2 is 1.14 bits per heavy atom. The lowest BCUT2D eigenvalue weighted by atomic mass is 9.80. The third-order valence-corrected chi connectivity index (χ3v) is 8.78. The maximum absolute atomic E-state index is 12.9. The highest BCUT2D eigenvalue weighted by molar-refractivity contribution is 5.69. The van der Waals surface area contributed by atoms with Crippen molar-refractivity contribution >= 4 is 6.09 Å². The first-order chi connectivity index (χ1) is 20.3. The maximum Gasteiger partial charge on any atom is 0.410 e. The maximum atomic E-state index is 12.9. The molecular weight excluding hydrogens is 518 g/mol. The first-order valence-corrected chi connectivity index (χ1v) is 15.2. The van der Waals surface area contributed by atoms with Crippen LogP contribution in [0, 0.1) is 0 Å². The summed E-state index contributed by atoms with van der Waals surface area (Å²) in [4.78, 5) is 14.9. The smallest absolute Gasteiger partial charge is 0.410 e. The fourth-order valence-corrected chi connectivity index (χ4v) is 6.91. The summed E-state index contributed by atoms with van der Waals surface area (Å²) in [6, 6.07) is 41.0. The summed E-state index contributed by atoms with van der Waals surface area (Å²) in [5, 5.41) is 0. The molecule has 4 aromatic carbocycles. The summed E-state index contributed by atoms with van der Waals surface area (Å²) in [6.45, 7) is 6.29. The van der Waals surface area contributed by atoms with Gasteiger partial charge in [0.1, 0.15) is 11.2 Å². The van der Waals surface area contributed by atoms with Gasteiger partial charge in [-0.3, -0.25) is 0 Å². The Kier molecular flexibility index (Phi) is 7.92. The Balaban J connectivity index is 1.22. The van der Waals surface area contributed by atoms with E-state index in [1.54, 1.807) is 0 Å². The van der Waals surface area contributed by atoms with Crippen LogP contribution in [0.3, 0.4) is 0 Å². The van der Waals surface area contributed by atoms with E-state index in [0.29, 0.717) is 12.5 Å². The van der Waals surface area contributed by atoms with E-state index in [1.165, 1.54) is 5.56 Å². The number of hydrogen-bond acceptors (Lipinski definition) is 3. The molecule has 0 spiro atoms. The molecule has 2 saturated heterocycles. The van der Waals surface area contributed by atoms with Crippen molar-refractivity contribution in [1.82, 2.24) is 4.90 Å². The predicted molar refractivity (Wildman–Crippen MR) is 167 cm³/mol. The minimum atomic E-state index is -0.740. The second-order valence-electron chi connectivity index (χ2n) is 12.8. The highest BCUT2D eigenvalue weighted by Gasteiger charge is 2.45. The zero-order chi connectivity index (χ0) is 29.2. The number of fused-ring (bicyclic) bond motifs is 2. The molecule has 4 heteroatoms. The Hall–Kier alpha value is -3.89. The average molecular weight is 560 g/mol. The van der Waals surface area contributed by atoms with Gasteiger partial charge in [-0.05, 0) is 80.2 Å². The van der Waals surface area contributed by atoms with Crippen LogP contribution in [0.4, 0.5) is 4.79 Å². The van der Waals surface area contributed by atoms with Gasteiger partial charge in [-0.25, -0.2) is 4.79 Å². The fraction of sp³-hybridized carbons (Fsp3) is 0.342. The molecule has 0 N–H and O–H groups in total.